The quantitative estimate of drug-likeness (QED) is 0.799. The Labute approximate surface area is 88.7 Å². The molecule has 0 aromatic heterocycles. The van der Waals surface area contributed by atoms with Crippen molar-refractivity contribution in [1.82, 2.24) is 0 Å². The molecule has 84 valence electrons. The van der Waals surface area contributed by atoms with Crippen LogP contribution in [0.1, 0.15) is 25.3 Å². The lowest BCUT2D eigenvalue weighted by Crippen LogP contribution is -2.10. The lowest BCUT2D eigenvalue weighted by molar-refractivity contribution is 0.216. The first-order valence-electron chi connectivity index (χ1n) is 5.22. The van der Waals surface area contributed by atoms with Crippen LogP contribution < -0.4 is 0 Å². The van der Waals surface area contributed by atoms with Crippen LogP contribution in [0, 0.1) is 17.6 Å². The molecule has 0 saturated heterocycles. The number of aliphatic hydroxyl groups excluding tert-OH is 1. The average molecular weight is 214 g/mol. The minimum Gasteiger partial charge on any atom is -0.396 e. The molecular formula is C12H16F2O. The molecule has 0 fully saturated rings. The van der Waals surface area contributed by atoms with E-state index in [2.05, 4.69) is 0 Å². The van der Waals surface area contributed by atoms with Gasteiger partial charge in [0.1, 0.15) is 11.6 Å². The predicted molar refractivity (Wildman–Crippen MR) is 55.5 cm³/mol. The summed E-state index contributed by atoms with van der Waals surface area (Å²) >= 11 is 0. The van der Waals surface area contributed by atoms with Crippen molar-refractivity contribution >= 4 is 0 Å². The zero-order valence-corrected chi connectivity index (χ0v) is 8.84. The molecule has 15 heavy (non-hydrogen) atoms. The largest absolute Gasteiger partial charge is 0.396 e. The molecule has 0 aliphatic carbocycles. The third kappa shape index (κ3) is 3.59. The molecule has 0 amide bonds. The maximum Gasteiger partial charge on any atom is 0.126 e. The van der Waals surface area contributed by atoms with E-state index >= 15 is 0 Å². The predicted octanol–water partition coefficient (Wildman–Crippen LogP) is 2.92. The van der Waals surface area contributed by atoms with Gasteiger partial charge in [0.05, 0.1) is 0 Å². The fourth-order valence-corrected chi connectivity index (χ4v) is 1.68. The summed E-state index contributed by atoms with van der Waals surface area (Å²) in [6.07, 6.45) is 2.16. The van der Waals surface area contributed by atoms with Crippen molar-refractivity contribution in [3.63, 3.8) is 0 Å². The Morgan fingerprint density at radius 3 is 2.67 bits per heavy atom. The van der Waals surface area contributed by atoms with Crippen molar-refractivity contribution < 1.29 is 13.9 Å². The molecule has 1 aromatic rings. The minimum atomic E-state index is -0.431. The van der Waals surface area contributed by atoms with Gasteiger partial charge in [-0.2, -0.15) is 0 Å². The second-order valence-corrected chi connectivity index (χ2v) is 3.78. The Balaban J connectivity index is 2.73. The van der Waals surface area contributed by atoms with Gasteiger partial charge in [0.15, 0.2) is 0 Å². The summed E-state index contributed by atoms with van der Waals surface area (Å²) in [4.78, 5) is 0. The van der Waals surface area contributed by atoms with Gasteiger partial charge in [-0.1, -0.05) is 13.3 Å². The molecule has 0 radical (unpaired) electrons. The molecule has 0 saturated carbocycles. The van der Waals surface area contributed by atoms with E-state index in [9.17, 15) is 8.78 Å². The van der Waals surface area contributed by atoms with Crippen LogP contribution in [-0.4, -0.2) is 11.7 Å². The molecule has 3 heteroatoms. The van der Waals surface area contributed by atoms with Gasteiger partial charge in [0.25, 0.3) is 0 Å². The van der Waals surface area contributed by atoms with E-state index in [4.69, 9.17) is 5.11 Å². The molecule has 0 aliphatic heterocycles. The van der Waals surface area contributed by atoms with Crippen molar-refractivity contribution in [1.29, 1.82) is 0 Å². The lowest BCUT2D eigenvalue weighted by atomic mass is 9.95. The summed E-state index contributed by atoms with van der Waals surface area (Å²) in [5.74, 6) is -0.808. The highest BCUT2D eigenvalue weighted by Gasteiger charge is 2.11. The van der Waals surface area contributed by atoms with E-state index in [1.807, 2.05) is 6.92 Å². The van der Waals surface area contributed by atoms with Crippen molar-refractivity contribution in [3.05, 3.63) is 35.4 Å². The summed E-state index contributed by atoms with van der Waals surface area (Å²) in [6, 6.07) is 3.44. The molecule has 1 nitrogen and oxygen atoms in total. The third-order valence-corrected chi connectivity index (χ3v) is 2.47. The Kier molecular flexibility index (Phi) is 4.69. The highest BCUT2D eigenvalue weighted by molar-refractivity contribution is 5.19. The zero-order chi connectivity index (χ0) is 11.3. The maximum absolute atomic E-state index is 13.3. The van der Waals surface area contributed by atoms with Crippen molar-refractivity contribution in [3.8, 4) is 0 Å². The van der Waals surface area contributed by atoms with Crippen LogP contribution >= 0.6 is 0 Å². The van der Waals surface area contributed by atoms with Crippen LogP contribution in [0.25, 0.3) is 0 Å². The Morgan fingerprint density at radius 2 is 2.07 bits per heavy atom. The second kappa shape index (κ2) is 5.81. The maximum atomic E-state index is 13.3. The molecule has 1 N–H and O–H groups in total. The van der Waals surface area contributed by atoms with Crippen LogP contribution in [0.15, 0.2) is 18.2 Å². The van der Waals surface area contributed by atoms with Gasteiger partial charge >= 0.3 is 0 Å². The molecule has 1 atom stereocenters. The number of hydrogen-bond donors (Lipinski definition) is 1. The monoisotopic (exact) mass is 214 g/mol. The molecule has 0 bridgehead atoms. The summed E-state index contributed by atoms with van der Waals surface area (Å²) in [5.41, 5.74) is 0.350. The lowest BCUT2D eigenvalue weighted by Gasteiger charge is -2.13. The van der Waals surface area contributed by atoms with Crippen molar-refractivity contribution in [2.75, 3.05) is 6.61 Å². The first-order chi connectivity index (χ1) is 7.17. The highest BCUT2D eigenvalue weighted by Crippen LogP contribution is 2.17. The fourth-order valence-electron chi connectivity index (χ4n) is 1.68. The second-order valence-electron chi connectivity index (χ2n) is 3.78. The topological polar surface area (TPSA) is 20.2 Å². The van der Waals surface area contributed by atoms with Crippen LogP contribution in [-0.2, 0) is 6.42 Å². The van der Waals surface area contributed by atoms with Gasteiger partial charge in [-0.05, 0) is 42.5 Å². The number of aliphatic hydroxyl groups is 1. The first kappa shape index (κ1) is 12.1. The first-order valence-corrected chi connectivity index (χ1v) is 5.22. The Hall–Kier alpha value is -0.960. The van der Waals surface area contributed by atoms with E-state index < -0.39 is 11.6 Å². The number of rotatable bonds is 5. The van der Waals surface area contributed by atoms with E-state index in [1.165, 1.54) is 6.07 Å². The van der Waals surface area contributed by atoms with Gasteiger partial charge in [0.2, 0.25) is 0 Å². The summed E-state index contributed by atoms with van der Waals surface area (Å²) in [5, 5.41) is 9.06. The average Bonchev–Trinajstić information content (AvgIpc) is 2.22. The van der Waals surface area contributed by atoms with Crippen LogP contribution in [0.5, 0.6) is 0 Å². The fraction of sp³-hybridized carbons (Fsp3) is 0.500. The summed E-state index contributed by atoms with van der Waals surface area (Å²) in [6.45, 7) is 2.02. The van der Waals surface area contributed by atoms with E-state index in [0.29, 0.717) is 12.0 Å². The number of halogens is 2. The molecule has 1 aromatic carbocycles. The summed E-state index contributed by atoms with van der Waals surface area (Å²) in [7, 11) is 0. The van der Waals surface area contributed by atoms with Crippen LogP contribution in [0.2, 0.25) is 0 Å². The molecular weight excluding hydrogens is 198 g/mol. The molecule has 0 heterocycles. The van der Waals surface area contributed by atoms with Gasteiger partial charge in [-0.15, -0.1) is 0 Å². The summed E-state index contributed by atoms with van der Waals surface area (Å²) < 4.78 is 26.1. The van der Waals surface area contributed by atoms with E-state index in [-0.39, 0.29) is 12.5 Å². The van der Waals surface area contributed by atoms with E-state index in [0.717, 1.165) is 25.0 Å². The standard InChI is InChI=1S/C12H16F2O/c1-2-3-9(8-15)6-10-7-11(13)4-5-12(10)14/h4-5,7,9,15H,2-3,6,8H2,1H3. The number of hydrogen-bond acceptors (Lipinski definition) is 1. The van der Waals surface area contributed by atoms with E-state index in [1.54, 1.807) is 0 Å². The molecule has 0 aliphatic rings. The third-order valence-electron chi connectivity index (χ3n) is 2.47. The normalized spacial score (nSPS) is 12.8. The smallest absolute Gasteiger partial charge is 0.126 e. The van der Waals surface area contributed by atoms with Gasteiger partial charge in [0, 0.05) is 6.61 Å². The van der Waals surface area contributed by atoms with Gasteiger partial charge in [-0.25, -0.2) is 8.78 Å². The van der Waals surface area contributed by atoms with Crippen LogP contribution in [0.3, 0.4) is 0 Å². The molecule has 0 spiro atoms. The SMILES string of the molecule is CCCC(CO)Cc1cc(F)ccc1F. The minimum absolute atomic E-state index is 0.0177. The van der Waals surface area contributed by atoms with Crippen molar-refractivity contribution in [2.45, 2.75) is 26.2 Å². The highest BCUT2D eigenvalue weighted by atomic mass is 19.1. The molecule has 1 rings (SSSR count). The number of benzene rings is 1. The van der Waals surface area contributed by atoms with Gasteiger partial charge in [-0.3, -0.25) is 0 Å². The Bertz CT molecular complexity index is 312. The molecule has 1 unspecified atom stereocenters. The van der Waals surface area contributed by atoms with Gasteiger partial charge < -0.3 is 5.11 Å². The Morgan fingerprint density at radius 1 is 1.33 bits per heavy atom. The zero-order valence-electron chi connectivity index (χ0n) is 8.84. The van der Waals surface area contributed by atoms with Crippen LogP contribution in [0.4, 0.5) is 8.78 Å². The van der Waals surface area contributed by atoms with Crippen molar-refractivity contribution in [2.24, 2.45) is 5.92 Å².